The fourth-order valence-electron chi connectivity index (χ4n) is 2.22. The lowest BCUT2D eigenvalue weighted by Crippen LogP contribution is -2.18. The lowest BCUT2D eigenvalue weighted by Gasteiger charge is -2.18. The zero-order chi connectivity index (χ0) is 12.1. The van der Waals surface area contributed by atoms with Crippen LogP contribution in [0.4, 0.5) is 18.9 Å². The zero-order valence-corrected chi connectivity index (χ0v) is 9.50. The highest BCUT2D eigenvalue weighted by molar-refractivity contribution is 5.66. The molecule has 0 saturated heterocycles. The maximum Gasteiger partial charge on any atom is 0.416 e. The molecular formula is C12H14F3N. The molecule has 1 aromatic carbocycles. The maximum atomic E-state index is 12.7. The molecule has 16 heavy (non-hydrogen) atoms. The van der Waals surface area contributed by atoms with Gasteiger partial charge in [0.25, 0.3) is 0 Å². The summed E-state index contributed by atoms with van der Waals surface area (Å²) in [7, 11) is 0. The Labute approximate surface area is 92.7 Å². The van der Waals surface area contributed by atoms with Crippen molar-refractivity contribution in [3.63, 3.8) is 0 Å². The van der Waals surface area contributed by atoms with E-state index in [9.17, 15) is 13.2 Å². The molecule has 1 N–H and O–H groups in total. The molecule has 0 radical (unpaired) electrons. The van der Waals surface area contributed by atoms with Crippen LogP contribution in [0.5, 0.6) is 0 Å². The monoisotopic (exact) mass is 229 g/mol. The number of hydrogen-bond donors (Lipinski definition) is 1. The van der Waals surface area contributed by atoms with Crippen LogP contribution in [0, 0.1) is 6.92 Å². The molecule has 88 valence electrons. The van der Waals surface area contributed by atoms with Crippen LogP contribution in [0.25, 0.3) is 0 Å². The van der Waals surface area contributed by atoms with Crippen LogP contribution in [0.1, 0.15) is 30.5 Å². The predicted molar refractivity (Wildman–Crippen MR) is 57.7 cm³/mol. The smallest absolute Gasteiger partial charge is 0.384 e. The summed E-state index contributed by atoms with van der Waals surface area (Å²) in [6.45, 7) is 6.26. The number of hydrogen-bond acceptors (Lipinski definition) is 1. The molecule has 0 saturated carbocycles. The van der Waals surface area contributed by atoms with E-state index >= 15 is 0 Å². The van der Waals surface area contributed by atoms with Crippen molar-refractivity contribution in [1.29, 1.82) is 0 Å². The second-order valence-electron chi connectivity index (χ2n) is 4.90. The third-order valence-corrected chi connectivity index (χ3v) is 3.21. The highest BCUT2D eigenvalue weighted by Crippen LogP contribution is 2.43. The van der Waals surface area contributed by atoms with E-state index in [0.29, 0.717) is 17.8 Å². The Bertz CT molecular complexity index is 433. The minimum Gasteiger partial charge on any atom is -0.384 e. The van der Waals surface area contributed by atoms with E-state index < -0.39 is 11.7 Å². The summed E-state index contributed by atoms with van der Waals surface area (Å²) in [6.07, 6.45) is -4.27. The summed E-state index contributed by atoms with van der Waals surface area (Å²) in [5.74, 6) is 0. The highest BCUT2D eigenvalue weighted by Gasteiger charge is 2.37. The van der Waals surface area contributed by atoms with Gasteiger partial charge in [0.2, 0.25) is 0 Å². The van der Waals surface area contributed by atoms with Crippen molar-refractivity contribution >= 4 is 5.69 Å². The first-order valence-corrected chi connectivity index (χ1v) is 5.18. The Kier molecular flexibility index (Phi) is 2.23. The molecule has 0 aliphatic carbocycles. The topological polar surface area (TPSA) is 12.0 Å². The van der Waals surface area contributed by atoms with Crippen molar-refractivity contribution in [2.75, 3.05) is 11.9 Å². The van der Waals surface area contributed by atoms with Crippen molar-refractivity contribution in [1.82, 2.24) is 0 Å². The van der Waals surface area contributed by atoms with Crippen LogP contribution in [0.2, 0.25) is 0 Å². The molecule has 0 aromatic heterocycles. The standard InChI is InChI=1S/C12H14F3N/c1-7-8(12(13,14)15)4-5-9-10(7)16-6-11(9,2)3/h4-5,16H,6H2,1-3H3. The average Bonchev–Trinajstić information content (AvgIpc) is 2.42. The molecule has 0 unspecified atom stereocenters. The fourth-order valence-corrected chi connectivity index (χ4v) is 2.22. The second kappa shape index (κ2) is 3.15. The third kappa shape index (κ3) is 1.56. The summed E-state index contributed by atoms with van der Waals surface area (Å²) in [5, 5.41) is 3.07. The molecule has 1 heterocycles. The van der Waals surface area contributed by atoms with Gasteiger partial charge in [-0.15, -0.1) is 0 Å². The minimum absolute atomic E-state index is 0.0930. The van der Waals surface area contributed by atoms with Crippen molar-refractivity contribution in [2.24, 2.45) is 0 Å². The highest BCUT2D eigenvalue weighted by atomic mass is 19.4. The van der Waals surface area contributed by atoms with Gasteiger partial charge in [0.05, 0.1) is 5.56 Å². The molecule has 0 amide bonds. The summed E-state index contributed by atoms with van der Waals surface area (Å²) in [6, 6.07) is 2.77. The summed E-state index contributed by atoms with van der Waals surface area (Å²) in [5.41, 5.74) is 1.29. The lowest BCUT2D eigenvalue weighted by molar-refractivity contribution is -0.138. The normalized spacial score (nSPS) is 18.1. The van der Waals surface area contributed by atoms with E-state index in [1.807, 2.05) is 13.8 Å². The van der Waals surface area contributed by atoms with E-state index in [-0.39, 0.29) is 5.41 Å². The first-order valence-electron chi connectivity index (χ1n) is 5.18. The maximum absolute atomic E-state index is 12.7. The van der Waals surface area contributed by atoms with Crippen LogP contribution in [-0.2, 0) is 11.6 Å². The Morgan fingerprint density at radius 1 is 1.25 bits per heavy atom. The van der Waals surface area contributed by atoms with Crippen LogP contribution < -0.4 is 5.32 Å². The molecule has 1 nitrogen and oxygen atoms in total. The SMILES string of the molecule is Cc1c(C(F)(F)F)ccc2c1NCC2(C)C. The lowest BCUT2D eigenvalue weighted by atomic mass is 9.85. The van der Waals surface area contributed by atoms with Gasteiger partial charge in [-0.1, -0.05) is 19.9 Å². The van der Waals surface area contributed by atoms with E-state index in [1.165, 1.54) is 13.0 Å². The predicted octanol–water partition coefficient (Wildman–Crippen LogP) is 3.72. The van der Waals surface area contributed by atoms with Gasteiger partial charge in [-0.2, -0.15) is 13.2 Å². The van der Waals surface area contributed by atoms with Gasteiger partial charge in [0.1, 0.15) is 0 Å². The Morgan fingerprint density at radius 3 is 2.44 bits per heavy atom. The van der Waals surface area contributed by atoms with Crippen LogP contribution >= 0.6 is 0 Å². The van der Waals surface area contributed by atoms with Crippen molar-refractivity contribution in [3.05, 3.63) is 28.8 Å². The Hall–Kier alpha value is -1.19. The molecule has 4 heteroatoms. The molecule has 1 aliphatic heterocycles. The first-order chi connectivity index (χ1) is 7.23. The Morgan fingerprint density at radius 2 is 1.88 bits per heavy atom. The molecule has 2 rings (SSSR count). The Balaban J connectivity index is 2.60. The first kappa shape index (κ1) is 11.3. The van der Waals surface area contributed by atoms with Gasteiger partial charge in [0, 0.05) is 17.6 Å². The van der Waals surface area contributed by atoms with E-state index in [0.717, 1.165) is 5.56 Å². The number of rotatable bonds is 0. The van der Waals surface area contributed by atoms with Crippen molar-refractivity contribution < 1.29 is 13.2 Å². The molecule has 1 aromatic rings. The van der Waals surface area contributed by atoms with Gasteiger partial charge in [-0.05, 0) is 24.1 Å². The van der Waals surface area contributed by atoms with Crippen LogP contribution in [-0.4, -0.2) is 6.54 Å². The van der Waals surface area contributed by atoms with Crippen molar-refractivity contribution in [2.45, 2.75) is 32.4 Å². The summed E-state index contributed by atoms with van der Waals surface area (Å²) >= 11 is 0. The number of nitrogens with one attached hydrogen (secondary N) is 1. The minimum atomic E-state index is -4.27. The van der Waals surface area contributed by atoms with Crippen molar-refractivity contribution in [3.8, 4) is 0 Å². The summed E-state index contributed by atoms with van der Waals surface area (Å²) in [4.78, 5) is 0. The molecule has 0 spiro atoms. The number of anilines is 1. The molecule has 0 atom stereocenters. The zero-order valence-electron chi connectivity index (χ0n) is 9.50. The second-order valence-corrected chi connectivity index (χ2v) is 4.90. The molecular weight excluding hydrogens is 215 g/mol. The number of fused-ring (bicyclic) bond motifs is 1. The number of benzene rings is 1. The largest absolute Gasteiger partial charge is 0.416 e. The van der Waals surface area contributed by atoms with Gasteiger partial charge in [-0.25, -0.2) is 0 Å². The van der Waals surface area contributed by atoms with E-state index in [4.69, 9.17) is 0 Å². The van der Waals surface area contributed by atoms with Crippen LogP contribution in [0.15, 0.2) is 12.1 Å². The van der Waals surface area contributed by atoms with Gasteiger partial charge in [0.15, 0.2) is 0 Å². The summed E-state index contributed by atoms with van der Waals surface area (Å²) < 4.78 is 38.0. The molecule has 0 fully saturated rings. The van der Waals surface area contributed by atoms with Gasteiger partial charge < -0.3 is 5.32 Å². The van der Waals surface area contributed by atoms with Gasteiger partial charge in [-0.3, -0.25) is 0 Å². The fraction of sp³-hybridized carbons (Fsp3) is 0.500. The third-order valence-electron chi connectivity index (χ3n) is 3.21. The molecule has 0 bridgehead atoms. The number of alkyl halides is 3. The van der Waals surface area contributed by atoms with Gasteiger partial charge >= 0.3 is 6.18 Å². The molecule has 1 aliphatic rings. The average molecular weight is 229 g/mol. The number of halogens is 3. The van der Waals surface area contributed by atoms with Crippen LogP contribution in [0.3, 0.4) is 0 Å². The quantitative estimate of drug-likeness (QED) is 0.715. The van der Waals surface area contributed by atoms with E-state index in [1.54, 1.807) is 6.07 Å². The van der Waals surface area contributed by atoms with E-state index in [2.05, 4.69) is 5.32 Å².